The number of carbonyl (C=O) groups excluding carboxylic acids is 1. The lowest BCUT2D eigenvalue weighted by molar-refractivity contribution is 0.0767. The molecule has 9 heteroatoms. The number of rotatable bonds is 5. The predicted octanol–water partition coefficient (Wildman–Crippen LogP) is 5.75. The van der Waals surface area contributed by atoms with Crippen LogP contribution < -0.4 is 4.90 Å². The van der Waals surface area contributed by atoms with Crippen molar-refractivity contribution in [3.63, 3.8) is 0 Å². The van der Waals surface area contributed by atoms with Crippen molar-refractivity contribution in [3.8, 4) is 6.07 Å². The van der Waals surface area contributed by atoms with Crippen LogP contribution in [0.1, 0.15) is 34.8 Å². The van der Waals surface area contributed by atoms with E-state index in [4.69, 9.17) is 16.3 Å². The van der Waals surface area contributed by atoms with Gasteiger partial charge >= 0.3 is 6.09 Å². The number of hydrogen-bond acceptors (Lipinski definition) is 7. The second-order valence-corrected chi connectivity index (χ2v) is 11.0. The van der Waals surface area contributed by atoms with E-state index in [0.29, 0.717) is 32.6 Å². The molecule has 0 N–H and O–H groups in total. The summed E-state index contributed by atoms with van der Waals surface area (Å²) in [5.74, 6) is 0.781. The molecule has 41 heavy (non-hydrogen) atoms. The lowest BCUT2D eigenvalue weighted by atomic mass is 9.90. The number of anilines is 1. The Morgan fingerprint density at radius 1 is 1.05 bits per heavy atom. The minimum Gasteiger partial charge on any atom is -0.445 e. The summed E-state index contributed by atoms with van der Waals surface area (Å²) in [5, 5.41) is 12.2. The zero-order valence-corrected chi connectivity index (χ0v) is 23.7. The molecular weight excluding hydrogens is 536 g/mol. The van der Waals surface area contributed by atoms with Crippen LogP contribution in [0.3, 0.4) is 0 Å². The van der Waals surface area contributed by atoms with Crippen molar-refractivity contribution in [2.75, 3.05) is 31.6 Å². The van der Waals surface area contributed by atoms with Crippen molar-refractivity contribution in [2.45, 2.75) is 38.1 Å². The van der Waals surface area contributed by atoms with E-state index in [9.17, 15) is 10.1 Å². The van der Waals surface area contributed by atoms with Crippen molar-refractivity contribution in [2.24, 2.45) is 0 Å². The maximum absolute atomic E-state index is 13.0. The lowest BCUT2D eigenvalue weighted by Crippen LogP contribution is -2.55. The number of halogens is 1. The Kier molecular flexibility index (Phi) is 7.73. The Morgan fingerprint density at radius 2 is 1.83 bits per heavy atom. The Bertz CT molecular complexity index is 1600. The third-order valence-electron chi connectivity index (χ3n) is 8.10. The first kappa shape index (κ1) is 27.0. The molecule has 1 saturated heterocycles. The van der Waals surface area contributed by atoms with Crippen LogP contribution in [0.5, 0.6) is 0 Å². The molecule has 8 nitrogen and oxygen atoms in total. The van der Waals surface area contributed by atoms with Gasteiger partial charge in [-0.2, -0.15) is 5.26 Å². The summed E-state index contributed by atoms with van der Waals surface area (Å²) >= 11 is 6.50. The highest BCUT2D eigenvalue weighted by atomic mass is 35.5. The van der Waals surface area contributed by atoms with E-state index in [1.807, 2.05) is 30.3 Å². The number of likely N-dealkylation sites (N-methyl/N-ethyl adjacent to an activating group) is 1. The molecule has 6 rings (SSSR count). The molecule has 1 fully saturated rings. The van der Waals surface area contributed by atoms with Crippen molar-refractivity contribution in [1.82, 2.24) is 19.8 Å². The summed E-state index contributed by atoms with van der Waals surface area (Å²) in [5.41, 5.74) is 4.18. The van der Waals surface area contributed by atoms with Gasteiger partial charge in [-0.3, -0.25) is 4.90 Å². The molecule has 2 aliphatic heterocycles. The molecule has 2 aliphatic rings. The van der Waals surface area contributed by atoms with E-state index < -0.39 is 6.09 Å². The Morgan fingerprint density at radius 3 is 2.66 bits per heavy atom. The van der Waals surface area contributed by atoms with Crippen molar-refractivity contribution in [3.05, 3.63) is 100 Å². The second kappa shape index (κ2) is 11.7. The molecule has 4 aromatic rings. The molecule has 1 amide bonds. The lowest BCUT2D eigenvalue weighted by Gasteiger charge is -2.42. The Hall–Kier alpha value is -4.19. The fourth-order valence-corrected chi connectivity index (χ4v) is 6.22. The van der Waals surface area contributed by atoms with Gasteiger partial charge in [0.05, 0.1) is 24.2 Å². The van der Waals surface area contributed by atoms with Crippen LogP contribution in [0.2, 0.25) is 5.28 Å². The van der Waals surface area contributed by atoms with E-state index in [1.54, 1.807) is 4.90 Å². The van der Waals surface area contributed by atoms with Crippen LogP contribution in [-0.2, 0) is 24.3 Å². The molecule has 0 spiro atoms. The van der Waals surface area contributed by atoms with Gasteiger partial charge < -0.3 is 14.5 Å². The van der Waals surface area contributed by atoms with Crippen LogP contribution in [0.25, 0.3) is 10.8 Å². The minimum atomic E-state index is -0.408. The maximum Gasteiger partial charge on any atom is 0.410 e. The van der Waals surface area contributed by atoms with E-state index in [-0.39, 0.29) is 30.4 Å². The first-order valence-corrected chi connectivity index (χ1v) is 14.2. The monoisotopic (exact) mass is 566 g/mol. The van der Waals surface area contributed by atoms with E-state index >= 15 is 0 Å². The van der Waals surface area contributed by atoms with Crippen LogP contribution in [0.4, 0.5) is 10.6 Å². The standard InChI is InChI=1S/C32H31ClN6O2/c1-37-20-27-28(18-29(37)26-13-7-11-23-10-5-6-12-25(23)26)35-31(33)36-30(27)38-16-17-39(24(19-38)14-15-34)32(40)41-21-22-8-3-2-4-9-22/h2-13,24,29H,14,16-21H2,1H3/t24-,29?/m0/s1. The molecule has 3 heterocycles. The van der Waals surface area contributed by atoms with Gasteiger partial charge in [-0.05, 0) is 40.5 Å². The molecule has 0 saturated carbocycles. The average molecular weight is 567 g/mol. The van der Waals surface area contributed by atoms with Crippen LogP contribution in [0.15, 0.2) is 72.8 Å². The highest BCUT2D eigenvalue weighted by Crippen LogP contribution is 2.38. The van der Waals surface area contributed by atoms with Gasteiger partial charge in [-0.1, -0.05) is 72.8 Å². The number of piperazine rings is 1. The zero-order valence-electron chi connectivity index (χ0n) is 22.9. The number of nitriles is 1. The molecule has 1 aromatic heterocycles. The fraction of sp³-hybridized carbons (Fsp3) is 0.312. The van der Waals surface area contributed by atoms with Gasteiger partial charge in [0.25, 0.3) is 0 Å². The molecule has 2 atom stereocenters. The third kappa shape index (κ3) is 5.56. The van der Waals surface area contributed by atoms with Crippen LogP contribution in [0, 0.1) is 11.3 Å². The molecule has 0 bridgehead atoms. The number of amides is 1. The summed E-state index contributed by atoms with van der Waals surface area (Å²) in [4.78, 5) is 28.5. The normalized spacial score (nSPS) is 19.0. The van der Waals surface area contributed by atoms with E-state index in [0.717, 1.165) is 22.6 Å². The van der Waals surface area contributed by atoms with Gasteiger partial charge in [-0.25, -0.2) is 14.8 Å². The summed E-state index contributed by atoms with van der Waals surface area (Å²) < 4.78 is 5.60. The van der Waals surface area contributed by atoms with Gasteiger partial charge in [-0.15, -0.1) is 0 Å². The van der Waals surface area contributed by atoms with Crippen molar-refractivity contribution < 1.29 is 9.53 Å². The zero-order chi connectivity index (χ0) is 28.3. The summed E-state index contributed by atoms with van der Waals surface area (Å²) in [7, 11) is 2.13. The van der Waals surface area contributed by atoms with Gasteiger partial charge in [0.1, 0.15) is 12.4 Å². The summed E-state index contributed by atoms with van der Waals surface area (Å²) in [6.07, 6.45) is 0.498. The third-order valence-corrected chi connectivity index (χ3v) is 8.27. The first-order valence-electron chi connectivity index (χ1n) is 13.8. The summed E-state index contributed by atoms with van der Waals surface area (Å²) in [6, 6.07) is 26.6. The number of nitrogens with zero attached hydrogens (tertiary/aromatic N) is 6. The Labute approximate surface area is 244 Å². The quantitative estimate of drug-likeness (QED) is 0.284. The number of ether oxygens (including phenoxy) is 1. The number of fused-ring (bicyclic) bond motifs is 2. The topological polar surface area (TPSA) is 85.6 Å². The maximum atomic E-state index is 13.0. The molecule has 0 aliphatic carbocycles. The smallest absolute Gasteiger partial charge is 0.410 e. The first-order chi connectivity index (χ1) is 20.0. The number of aromatic nitrogens is 2. The number of hydrogen-bond donors (Lipinski definition) is 0. The average Bonchev–Trinajstić information content (AvgIpc) is 3.00. The van der Waals surface area contributed by atoms with Crippen LogP contribution >= 0.6 is 11.6 Å². The molecule has 3 aromatic carbocycles. The predicted molar refractivity (Wildman–Crippen MR) is 158 cm³/mol. The minimum absolute atomic E-state index is 0.148. The SMILES string of the molecule is CN1Cc2c(nc(Cl)nc2N2CCN(C(=O)OCc3ccccc3)[C@@H](CC#N)C2)CC1c1cccc2ccccc12. The fourth-order valence-electron chi connectivity index (χ4n) is 6.04. The number of carbonyl (C=O) groups is 1. The number of benzene rings is 3. The van der Waals surface area contributed by atoms with E-state index in [2.05, 4.69) is 75.3 Å². The molecule has 0 radical (unpaired) electrons. The van der Waals surface area contributed by atoms with E-state index in [1.165, 1.54) is 16.3 Å². The molecule has 1 unspecified atom stereocenters. The molecular formula is C32H31ClN6O2. The van der Waals surface area contributed by atoms with Crippen molar-refractivity contribution >= 4 is 34.3 Å². The van der Waals surface area contributed by atoms with Crippen LogP contribution in [-0.4, -0.2) is 58.6 Å². The molecule has 208 valence electrons. The highest BCUT2D eigenvalue weighted by molar-refractivity contribution is 6.28. The highest BCUT2D eigenvalue weighted by Gasteiger charge is 2.36. The Balaban J connectivity index is 1.23. The van der Waals surface area contributed by atoms with Gasteiger partial charge in [0.15, 0.2) is 0 Å². The van der Waals surface area contributed by atoms with Gasteiger partial charge in [0, 0.05) is 44.2 Å². The van der Waals surface area contributed by atoms with Crippen molar-refractivity contribution in [1.29, 1.82) is 5.26 Å². The summed E-state index contributed by atoms with van der Waals surface area (Å²) in [6.45, 7) is 2.30. The second-order valence-electron chi connectivity index (χ2n) is 10.6. The largest absolute Gasteiger partial charge is 0.445 e. The van der Waals surface area contributed by atoms with Gasteiger partial charge in [0.2, 0.25) is 5.28 Å².